The van der Waals surface area contributed by atoms with Gasteiger partial charge in [-0.25, -0.2) is 0 Å². The second-order valence-corrected chi connectivity index (χ2v) is 15.4. The van der Waals surface area contributed by atoms with Crippen molar-refractivity contribution in [2.45, 2.75) is 46.0 Å². The minimum absolute atomic E-state index is 0.114. The second kappa shape index (κ2) is 13.8. The van der Waals surface area contributed by atoms with Crippen LogP contribution in [0.2, 0.25) is 0 Å². The van der Waals surface area contributed by atoms with Crippen LogP contribution in [0, 0.1) is 30.1 Å². The van der Waals surface area contributed by atoms with Crippen molar-refractivity contribution in [1.29, 1.82) is 0 Å². The maximum Gasteiger partial charge on any atom is 0.0967 e. The molecule has 0 spiro atoms. The lowest BCUT2D eigenvalue weighted by Crippen LogP contribution is -2.25. The van der Waals surface area contributed by atoms with Gasteiger partial charge < -0.3 is 4.90 Å². The molecule has 4 aromatic carbocycles. The van der Waals surface area contributed by atoms with Gasteiger partial charge in [0.25, 0.3) is 0 Å². The normalized spacial score (nSPS) is 22.3. The van der Waals surface area contributed by atoms with E-state index in [9.17, 15) is 0 Å². The molecule has 0 amide bonds. The molecule has 0 saturated carbocycles. The van der Waals surface area contributed by atoms with Crippen LogP contribution in [0.1, 0.15) is 62.8 Å². The summed E-state index contributed by atoms with van der Waals surface area (Å²) in [7, 11) is 0. The van der Waals surface area contributed by atoms with E-state index in [4.69, 9.17) is 6.42 Å². The summed E-state index contributed by atoms with van der Waals surface area (Å²) in [5.41, 5.74) is 13.2. The SMILES string of the molecule is C#C/C(=C\C=C(/C)c1ccccc1)N(C1=CC(C)C(C2=CC(C)C(c3ccc(Br)cc3)C=C2)C=C1)c1ccc2c(c1)C(C)(C)c1ccccc1-2. The van der Waals surface area contributed by atoms with E-state index in [0.717, 1.165) is 27.1 Å². The molecule has 0 N–H and O–H groups in total. The van der Waals surface area contributed by atoms with Gasteiger partial charge in [-0.3, -0.25) is 0 Å². The zero-order chi connectivity index (χ0) is 35.0. The van der Waals surface area contributed by atoms with E-state index in [-0.39, 0.29) is 17.3 Å². The Hall–Kier alpha value is -4.84. The molecule has 50 heavy (non-hydrogen) atoms. The van der Waals surface area contributed by atoms with Gasteiger partial charge in [-0.2, -0.15) is 0 Å². The Bertz CT molecular complexity index is 2150. The van der Waals surface area contributed by atoms with Crippen molar-refractivity contribution in [2.24, 2.45) is 17.8 Å². The largest absolute Gasteiger partial charge is 0.304 e. The summed E-state index contributed by atoms with van der Waals surface area (Å²) in [4.78, 5) is 2.27. The molecule has 4 aromatic rings. The van der Waals surface area contributed by atoms with E-state index >= 15 is 0 Å². The predicted molar refractivity (Wildman–Crippen MR) is 217 cm³/mol. The van der Waals surface area contributed by atoms with Crippen LogP contribution < -0.4 is 4.90 Å². The highest BCUT2D eigenvalue weighted by Gasteiger charge is 2.36. The first-order valence-corrected chi connectivity index (χ1v) is 18.5. The monoisotopic (exact) mass is 713 g/mol. The Balaban J connectivity index is 1.24. The van der Waals surface area contributed by atoms with Gasteiger partial charge >= 0.3 is 0 Å². The molecule has 248 valence electrons. The van der Waals surface area contributed by atoms with Crippen molar-refractivity contribution in [1.82, 2.24) is 0 Å². The zero-order valence-corrected chi connectivity index (χ0v) is 31.2. The maximum absolute atomic E-state index is 6.38. The Kier molecular flexibility index (Phi) is 9.30. The van der Waals surface area contributed by atoms with Crippen LogP contribution in [0.3, 0.4) is 0 Å². The Labute approximate surface area is 307 Å². The molecule has 7 rings (SSSR count). The maximum atomic E-state index is 6.38. The first-order chi connectivity index (χ1) is 24.2. The third-order valence-electron chi connectivity index (χ3n) is 10.8. The summed E-state index contributed by atoms with van der Waals surface area (Å²) in [6.45, 7) is 11.5. The fraction of sp³-hybridized carbons (Fsp3) is 0.208. The molecule has 1 nitrogen and oxygen atoms in total. The zero-order valence-electron chi connectivity index (χ0n) is 29.6. The molecule has 3 aliphatic rings. The number of nitrogens with zero attached hydrogens (tertiary/aromatic N) is 1. The lowest BCUT2D eigenvalue weighted by molar-refractivity contribution is 0.554. The van der Waals surface area contributed by atoms with Crippen LogP contribution >= 0.6 is 15.9 Å². The fourth-order valence-corrected chi connectivity index (χ4v) is 8.26. The molecule has 0 fully saturated rings. The lowest BCUT2D eigenvalue weighted by Gasteiger charge is -2.33. The van der Waals surface area contributed by atoms with E-state index in [1.54, 1.807) is 0 Å². The highest BCUT2D eigenvalue weighted by Crippen LogP contribution is 2.50. The van der Waals surface area contributed by atoms with Gasteiger partial charge in [-0.1, -0.05) is 159 Å². The van der Waals surface area contributed by atoms with Crippen LogP contribution in [0.25, 0.3) is 16.7 Å². The quantitative estimate of drug-likeness (QED) is 0.136. The first kappa shape index (κ1) is 33.6. The summed E-state index contributed by atoms with van der Waals surface area (Å²) in [6, 6.07) is 34.9. The summed E-state index contributed by atoms with van der Waals surface area (Å²) < 4.78 is 1.11. The van der Waals surface area contributed by atoms with Crippen molar-refractivity contribution < 1.29 is 0 Å². The van der Waals surface area contributed by atoms with Gasteiger partial charge in [0.2, 0.25) is 0 Å². The Morgan fingerprint density at radius 2 is 1.44 bits per heavy atom. The number of rotatable bonds is 7. The van der Waals surface area contributed by atoms with Gasteiger partial charge in [-0.05, 0) is 99.7 Å². The summed E-state index contributed by atoms with van der Waals surface area (Å²) in [5.74, 6) is 4.43. The van der Waals surface area contributed by atoms with Gasteiger partial charge in [-0.15, -0.1) is 6.42 Å². The van der Waals surface area contributed by atoms with Gasteiger partial charge in [0.1, 0.15) is 0 Å². The van der Waals surface area contributed by atoms with Crippen molar-refractivity contribution in [2.75, 3.05) is 4.90 Å². The van der Waals surface area contributed by atoms with Gasteiger partial charge in [0.05, 0.1) is 5.70 Å². The highest BCUT2D eigenvalue weighted by molar-refractivity contribution is 9.10. The molecule has 0 aliphatic heterocycles. The fourth-order valence-electron chi connectivity index (χ4n) is 7.99. The minimum Gasteiger partial charge on any atom is -0.304 e. The molecule has 0 aromatic heterocycles. The van der Waals surface area contributed by atoms with Crippen LogP contribution in [0.5, 0.6) is 0 Å². The standard InChI is InChI=1S/C48H44BrN/c1-7-39(23-17-32(2)35-13-9-8-10-14-35)50(41-25-28-45-44-15-11-12-16-46(44)48(5,6)47(45)31-41)40-24-27-43(34(4)30-40)37-20-26-42(33(3)29-37)36-18-21-38(49)22-19-36/h1,8-31,33-34,42-43H,2-6H3/b32-17+,39-23+. The number of benzene rings is 4. The van der Waals surface area contributed by atoms with Crippen LogP contribution in [0.15, 0.2) is 167 Å². The number of halogens is 1. The molecule has 0 radical (unpaired) electrons. The average molecular weight is 715 g/mol. The first-order valence-electron chi connectivity index (χ1n) is 17.7. The number of fused-ring (bicyclic) bond motifs is 3. The van der Waals surface area contributed by atoms with E-state index in [2.05, 4.69) is 201 Å². The second-order valence-electron chi connectivity index (χ2n) is 14.4. The number of hydrogen-bond acceptors (Lipinski definition) is 1. The molecule has 0 bridgehead atoms. The smallest absolute Gasteiger partial charge is 0.0967 e. The van der Waals surface area contributed by atoms with E-state index in [0.29, 0.717) is 11.8 Å². The third kappa shape index (κ3) is 6.32. The summed E-state index contributed by atoms with van der Waals surface area (Å²) in [5, 5.41) is 0. The molecule has 0 heterocycles. The number of allylic oxidation sites excluding steroid dienone is 11. The molecule has 2 heteroatoms. The summed E-state index contributed by atoms with van der Waals surface area (Å²) >= 11 is 3.58. The number of hydrogen-bond donors (Lipinski definition) is 0. The van der Waals surface area contributed by atoms with Crippen molar-refractivity contribution in [3.05, 3.63) is 189 Å². The van der Waals surface area contributed by atoms with E-state index in [1.807, 2.05) is 6.07 Å². The van der Waals surface area contributed by atoms with Crippen LogP contribution in [-0.2, 0) is 5.41 Å². The molecule has 3 aliphatic carbocycles. The van der Waals surface area contributed by atoms with Crippen LogP contribution in [-0.4, -0.2) is 0 Å². The lowest BCUT2D eigenvalue weighted by atomic mass is 9.75. The highest BCUT2D eigenvalue weighted by atomic mass is 79.9. The Morgan fingerprint density at radius 1 is 0.760 bits per heavy atom. The van der Waals surface area contributed by atoms with E-state index in [1.165, 1.54) is 39.0 Å². The van der Waals surface area contributed by atoms with Crippen LogP contribution in [0.4, 0.5) is 5.69 Å². The molecule has 4 unspecified atom stereocenters. The van der Waals surface area contributed by atoms with Crippen molar-refractivity contribution >= 4 is 27.2 Å². The van der Waals surface area contributed by atoms with Crippen molar-refractivity contribution in [3.63, 3.8) is 0 Å². The van der Waals surface area contributed by atoms with E-state index < -0.39 is 0 Å². The van der Waals surface area contributed by atoms with Gasteiger partial charge in [0, 0.05) is 33.1 Å². The van der Waals surface area contributed by atoms with Gasteiger partial charge in [0.15, 0.2) is 0 Å². The number of anilines is 1. The molecular formula is C48H44BrN. The predicted octanol–water partition coefficient (Wildman–Crippen LogP) is 12.8. The summed E-state index contributed by atoms with van der Waals surface area (Å²) in [6.07, 6.45) is 24.9. The van der Waals surface area contributed by atoms with Crippen molar-refractivity contribution in [3.8, 4) is 23.5 Å². The Morgan fingerprint density at radius 3 is 2.16 bits per heavy atom. The third-order valence-corrected chi connectivity index (χ3v) is 11.4. The number of terminal acetylenes is 1. The molecular weight excluding hydrogens is 670 g/mol. The molecule has 4 atom stereocenters. The topological polar surface area (TPSA) is 3.24 Å². The average Bonchev–Trinajstić information content (AvgIpc) is 3.36. The minimum atomic E-state index is -0.114. The molecule has 0 saturated heterocycles.